The van der Waals surface area contributed by atoms with E-state index in [1.807, 2.05) is 13.8 Å². The van der Waals surface area contributed by atoms with Crippen molar-refractivity contribution in [3.63, 3.8) is 0 Å². The van der Waals surface area contributed by atoms with Gasteiger partial charge in [-0.1, -0.05) is 34.6 Å². The summed E-state index contributed by atoms with van der Waals surface area (Å²) in [6, 6.07) is 0. The number of hydrogen-bond acceptors (Lipinski definition) is 1. The molecule has 0 spiro atoms. The zero-order valence-electron chi connectivity index (χ0n) is 12.8. The highest BCUT2D eigenvalue weighted by atomic mass is 19.3. The molecule has 1 rings (SSSR count). The van der Waals surface area contributed by atoms with Gasteiger partial charge in [0, 0.05) is 6.42 Å². The normalized spacial score (nSPS) is 19.6. The molecule has 1 saturated carbocycles. The molecule has 1 fully saturated rings. The molecule has 0 amide bonds. The lowest BCUT2D eigenvalue weighted by atomic mass is 9.87. The van der Waals surface area contributed by atoms with Gasteiger partial charge in [0.2, 0.25) is 0 Å². The second kappa shape index (κ2) is 5.27. The van der Waals surface area contributed by atoms with Gasteiger partial charge in [0.15, 0.2) is 0 Å². The molecule has 0 unspecified atom stereocenters. The van der Waals surface area contributed by atoms with Crippen molar-refractivity contribution in [3.8, 4) is 0 Å². The van der Waals surface area contributed by atoms with E-state index in [0.717, 1.165) is 0 Å². The molecule has 0 aromatic carbocycles. The fourth-order valence-corrected chi connectivity index (χ4v) is 2.52. The lowest BCUT2D eigenvalue weighted by Gasteiger charge is -2.29. The summed E-state index contributed by atoms with van der Waals surface area (Å²) in [4.78, 5) is 0. The van der Waals surface area contributed by atoms with E-state index in [9.17, 15) is 13.2 Å². The van der Waals surface area contributed by atoms with Crippen molar-refractivity contribution in [3.05, 3.63) is 0 Å². The first-order valence-corrected chi connectivity index (χ1v) is 6.97. The lowest BCUT2D eigenvalue weighted by Crippen LogP contribution is -2.32. The van der Waals surface area contributed by atoms with Gasteiger partial charge in [0.1, 0.15) is 12.3 Å². The third kappa shape index (κ3) is 7.19. The summed E-state index contributed by atoms with van der Waals surface area (Å²) in [6.45, 7) is 8.69. The zero-order chi connectivity index (χ0) is 14.9. The van der Waals surface area contributed by atoms with Gasteiger partial charge in [-0.15, -0.1) is 0 Å². The Balaban J connectivity index is 2.32. The summed E-state index contributed by atoms with van der Waals surface area (Å²) in [7, 11) is 0. The molecule has 0 aliphatic heterocycles. The third-order valence-electron chi connectivity index (χ3n) is 3.18. The second-order valence-corrected chi connectivity index (χ2v) is 8.08. The first kappa shape index (κ1) is 16.8. The largest absolute Gasteiger partial charge is 0.375 e. The van der Waals surface area contributed by atoms with Crippen LogP contribution in [0.2, 0.25) is 0 Å². The van der Waals surface area contributed by atoms with Crippen molar-refractivity contribution in [1.29, 1.82) is 0 Å². The summed E-state index contributed by atoms with van der Waals surface area (Å²) in [5.41, 5.74) is -1.89. The molecule has 1 nitrogen and oxygen atoms in total. The van der Waals surface area contributed by atoms with Crippen LogP contribution in [0.5, 0.6) is 0 Å². The van der Waals surface area contributed by atoms with Gasteiger partial charge in [-0.05, 0) is 30.1 Å². The van der Waals surface area contributed by atoms with Crippen molar-refractivity contribution >= 4 is 0 Å². The number of ether oxygens (including phenoxy) is 1. The van der Waals surface area contributed by atoms with Crippen LogP contribution < -0.4 is 0 Å². The summed E-state index contributed by atoms with van der Waals surface area (Å²) in [5.74, 6) is -2.82. The van der Waals surface area contributed by atoms with Crippen LogP contribution in [0.1, 0.15) is 60.3 Å². The minimum atomic E-state index is -2.82. The molecule has 0 N–H and O–H groups in total. The highest BCUT2D eigenvalue weighted by molar-refractivity contribution is 4.97. The predicted molar refractivity (Wildman–Crippen MR) is 71.3 cm³/mol. The monoisotopic (exact) mass is 280 g/mol. The Morgan fingerprint density at radius 1 is 1.00 bits per heavy atom. The fraction of sp³-hybridized carbons (Fsp3) is 1.00. The Bertz CT molecular complexity index is 282. The van der Waals surface area contributed by atoms with Gasteiger partial charge in [0.05, 0.1) is 6.61 Å². The Kier molecular flexibility index (Phi) is 4.66. The number of rotatable bonds is 7. The van der Waals surface area contributed by atoms with Crippen molar-refractivity contribution in [2.75, 3.05) is 13.2 Å². The quantitative estimate of drug-likeness (QED) is 0.638. The molecular formula is C15H27F3O. The molecule has 0 radical (unpaired) electrons. The van der Waals surface area contributed by atoms with Crippen molar-refractivity contribution < 1.29 is 17.9 Å². The average molecular weight is 280 g/mol. The van der Waals surface area contributed by atoms with E-state index in [4.69, 9.17) is 4.74 Å². The van der Waals surface area contributed by atoms with Crippen LogP contribution >= 0.6 is 0 Å². The molecule has 0 atom stereocenters. The van der Waals surface area contributed by atoms with Gasteiger partial charge in [-0.25, -0.2) is 13.2 Å². The Labute approximate surface area is 114 Å². The molecule has 4 heteroatoms. The Morgan fingerprint density at radius 3 is 1.95 bits per heavy atom. The summed E-state index contributed by atoms with van der Waals surface area (Å²) in [6.07, 6.45) is 1.38. The Hall–Kier alpha value is -0.250. The molecule has 19 heavy (non-hydrogen) atoms. The highest BCUT2D eigenvalue weighted by Crippen LogP contribution is 2.48. The lowest BCUT2D eigenvalue weighted by molar-refractivity contribution is -0.112. The van der Waals surface area contributed by atoms with Crippen molar-refractivity contribution in [2.24, 2.45) is 10.8 Å². The van der Waals surface area contributed by atoms with Crippen LogP contribution in [0.3, 0.4) is 0 Å². The summed E-state index contributed by atoms with van der Waals surface area (Å²) >= 11 is 0. The van der Waals surface area contributed by atoms with E-state index in [0.29, 0.717) is 19.3 Å². The highest BCUT2D eigenvalue weighted by Gasteiger charge is 2.47. The van der Waals surface area contributed by atoms with Crippen LogP contribution in [0.15, 0.2) is 0 Å². The maximum absolute atomic E-state index is 13.7. The molecule has 0 heterocycles. The minimum absolute atomic E-state index is 0.179. The van der Waals surface area contributed by atoms with Gasteiger partial charge in [-0.3, -0.25) is 0 Å². The van der Waals surface area contributed by atoms with E-state index in [1.165, 1.54) is 0 Å². The number of halogens is 3. The maximum atomic E-state index is 13.7. The van der Waals surface area contributed by atoms with E-state index in [1.54, 1.807) is 20.8 Å². The third-order valence-corrected chi connectivity index (χ3v) is 3.18. The fourth-order valence-electron chi connectivity index (χ4n) is 2.52. The second-order valence-electron chi connectivity index (χ2n) is 8.08. The summed E-state index contributed by atoms with van der Waals surface area (Å²) in [5, 5.41) is 0. The molecule has 0 aromatic heterocycles. The van der Waals surface area contributed by atoms with Gasteiger partial charge in [0.25, 0.3) is 5.92 Å². The average Bonchev–Trinajstić information content (AvgIpc) is 2.75. The smallest absolute Gasteiger partial charge is 0.271 e. The van der Waals surface area contributed by atoms with E-state index in [2.05, 4.69) is 0 Å². The molecular weight excluding hydrogens is 253 g/mol. The summed E-state index contributed by atoms with van der Waals surface area (Å²) < 4.78 is 46.1. The van der Waals surface area contributed by atoms with Gasteiger partial charge >= 0.3 is 0 Å². The molecule has 1 aliphatic carbocycles. The molecule has 114 valence electrons. The van der Waals surface area contributed by atoms with Gasteiger partial charge in [-0.2, -0.15) is 0 Å². The van der Waals surface area contributed by atoms with Crippen LogP contribution in [0.25, 0.3) is 0 Å². The topological polar surface area (TPSA) is 9.23 Å². The number of alkyl halides is 3. The maximum Gasteiger partial charge on any atom is 0.271 e. The molecule has 0 bridgehead atoms. The zero-order valence-corrected chi connectivity index (χ0v) is 12.8. The SMILES string of the molecule is CC(C)(C)CC(F)(F)COCC(C)(C)CC1(F)CC1. The van der Waals surface area contributed by atoms with Crippen LogP contribution in [-0.2, 0) is 4.74 Å². The molecule has 0 saturated heterocycles. The van der Waals surface area contributed by atoms with Gasteiger partial charge < -0.3 is 4.74 Å². The molecule has 1 aliphatic rings. The van der Waals surface area contributed by atoms with Crippen molar-refractivity contribution in [1.82, 2.24) is 0 Å². The predicted octanol–water partition coefficient (Wildman–Crippen LogP) is 4.99. The van der Waals surface area contributed by atoms with Crippen molar-refractivity contribution in [2.45, 2.75) is 71.9 Å². The number of hydrogen-bond donors (Lipinski definition) is 0. The van der Waals surface area contributed by atoms with Crippen LogP contribution in [0, 0.1) is 10.8 Å². The van der Waals surface area contributed by atoms with E-state index in [-0.39, 0.29) is 18.4 Å². The van der Waals surface area contributed by atoms with E-state index < -0.39 is 23.6 Å². The minimum Gasteiger partial charge on any atom is -0.375 e. The van der Waals surface area contributed by atoms with Crippen LogP contribution in [0.4, 0.5) is 13.2 Å². The molecule has 0 aromatic rings. The Morgan fingerprint density at radius 2 is 1.53 bits per heavy atom. The van der Waals surface area contributed by atoms with E-state index >= 15 is 0 Å². The van der Waals surface area contributed by atoms with Crippen LogP contribution in [-0.4, -0.2) is 24.8 Å². The first-order chi connectivity index (χ1) is 8.33. The first-order valence-electron chi connectivity index (χ1n) is 6.97. The standard InChI is InChI=1S/C15H27F3O/c1-12(2,3)8-15(17,18)11-19-10-13(4,5)9-14(16)6-7-14/h6-11H2,1-5H3.